The maximum Gasteiger partial charge on any atom is 0.415 e. The molecule has 0 aromatic rings. The summed E-state index contributed by atoms with van der Waals surface area (Å²) < 4.78 is 87.5. The Balaban J connectivity index is 2.46. The molecule has 0 aromatic heterocycles. The van der Waals surface area contributed by atoms with Crippen LogP contribution >= 0.6 is 0 Å². The molecule has 0 spiro atoms. The van der Waals surface area contributed by atoms with Gasteiger partial charge < -0.3 is 9.47 Å². The fourth-order valence-corrected chi connectivity index (χ4v) is 2.84. The van der Waals surface area contributed by atoms with E-state index in [0.717, 1.165) is 6.92 Å². The molecule has 0 saturated carbocycles. The van der Waals surface area contributed by atoms with Crippen LogP contribution in [0.2, 0.25) is 0 Å². The van der Waals surface area contributed by atoms with E-state index in [2.05, 4.69) is 0 Å². The molecule has 120 valence electrons. The average molecular weight is 318 g/mol. The summed E-state index contributed by atoms with van der Waals surface area (Å²) in [6.45, 7) is 2.36. The minimum absolute atomic E-state index is 0.0862. The predicted molar refractivity (Wildman–Crippen MR) is 57.2 cm³/mol. The molecule has 1 saturated heterocycles. The van der Waals surface area contributed by atoms with Crippen LogP contribution < -0.4 is 0 Å². The number of ether oxygens (including phenoxy) is 2. The molecule has 2 aliphatic heterocycles. The first-order chi connectivity index (χ1) is 9.40. The van der Waals surface area contributed by atoms with Crippen molar-refractivity contribution in [2.24, 2.45) is 0 Å². The Morgan fingerprint density at radius 1 is 1.29 bits per heavy atom. The van der Waals surface area contributed by atoms with Crippen LogP contribution in [0.3, 0.4) is 0 Å². The first-order valence-corrected chi connectivity index (χ1v) is 6.16. The Bertz CT molecular complexity index is 492. The fraction of sp³-hybridized carbons (Fsp3) is 0.750. The van der Waals surface area contributed by atoms with Gasteiger partial charge in [0.15, 0.2) is 0 Å². The van der Waals surface area contributed by atoms with Crippen molar-refractivity contribution in [3.05, 3.63) is 11.1 Å². The van der Waals surface area contributed by atoms with Crippen molar-refractivity contribution < 1.29 is 40.6 Å². The molecule has 0 amide bonds. The second kappa shape index (κ2) is 4.62. The third kappa shape index (κ3) is 2.63. The van der Waals surface area contributed by atoms with Crippen molar-refractivity contribution in [2.45, 2.75) is 56.9 Å². The summed E-state index contributed by atoms with van der Waals surface area (Å²) in [6.07, 6.45) is -14.2. The number of hydrogen-bond acceptors (Lipinski definition) is 3. The highest BCUT2D eigenvalue weighted by Gasteiger charge is 2.67. The average Bonchev–Trinajstić information content (AvgIpc) is 2.76. The summed E-state index contributed by atoms with van der Waals surface area (Å²) in [7, 11) is 0. The van der Waals surface area contributed by atoms with Gasteiger partial charge in [-0.2, -0.15) is 26.3 Å². The minimum Gasteiger partial charge on any atom is -0.459 e. The van der Waals surface area contributed by atoms with Gasteiger partial charge in [0, 0.05) is 12.8 Å². The molecule has 2 aliphatic rings. The van der Waals surface area contributed by atoms with E-state index in [1.54, 1.807) is 0 Å². The number of hydrogen-bond donors (Lipinski definition) is 0. The van der Waals surface area contributed by atoms with Crippen molar-refractivity contribution in [1.29, 1.82) is 0 Å². The van der Waals surface area contributed by atoms with Crippen molar-refractivity contribution >= 4 is 5.97 Å². The molecule has 2 bridgehead atoms. The zero-order valence-electron chi connectivity index (χ0n) is 11.1. The lowest BCUT2D eigenvalue weighted by Crippen LogP contribution is -2.41. The van der Waals surface area contributed by atoms with Gasteiger partial charge in [-0.05, 0) is 6.92 Å². The maximum absolute atomic E-state index is 13.0. The third-order valence-electron chi connectivity index (χ3n) is 3.56. The summed E-state index contributed by atoms with van der Waals surface area (Å²) in [6, 6.07) is 0. The molecule has 2 rings (SSSR count). The van der Waals surface area contributed by atoms with E-state index in [-0.39, 0.29) is 6.42 Å². The Labute approximate surface area is 115 Å². The van der Waals surface area contributed by atoms with E-state index in [9.17, 15) is 31.1 Å². The summed E-state index contributed by atoms with van der Waals surface area (Å²) in [5.41, 5.74) is -5.67. The molecule has 0 aromatic carbocycles. The molecule has 3 nitrogen and oxygen atoms in total. The van der Waals surface area contributed by atoms with Gasteiger partial charge in [-0.1, -0.05) is 6.92 Å². The number of halogens is 6. The van der Waals surface area contributed by atoms with Crippen molar-refractivity contribution in [2.75, 3.05) is 0 Å². The molecule has 0 radical (unpaired) electrons. The van der Waals surface area contributed by atoms with Crippen molar-refractivity contribution in [3.8, 4) is 0 Å². The second-order valence-corrected chi connectivity index (χ2v) is 5.14. The Morgan fingerprint density at radius 3 is 2.29 bits per heavy atom. The maximum atomic E-state index is 13.0. The van der Waals surface area contributed by atoms with Crippen LogP contribution in [0, 0.1) is 0 Å². The minimum atomic E-state index is -5.20. The Kier molecular flexibility index (Phi) is 3.55. The number of carbonyl (C=O) groups excluding carboxylic acids is 1. The highest BCUT2D eigenvalue weighted by Crippen LogP contribution is 2.57. The zero-order valence-corrected chi connectivity index (χ0v) is 11.1. The van der Waals surface area contributed by atoms with Gasteiger partial charge in [-0.15, -0.1) is 0 Å². The summed E-state index contributed by atoms with van der Waals surface area (Å²) >= 11 is 0. The number of carbonyl (C=O) groups is 1. The lowest BCUT2D eigenvalue weighted by Gasteiger charge is -2.30. The molecule has 3 unspecified atom stereocenters. The van der Waals surface area contributed by atoms with Gasteiger partial charge in [0.05, 0.1) is 11.1 Å². The first-order valence-electron chi connectivity index (χ1n) is 6.16. The first kappa shape index (κ1) is 16.1. The number of rotatable bonds is 2. The predicted octanol–water partition coefficient (Wildman–Crippen LogP) is 3.29. The highest BCUT2D eigenvalue weighted by atomic mass is 19.4. The van der Waals surface area contributed by atoms with Crippen molar-refractivity contribution in [1.82, 2.24) is 0 Å². The quantitative estimate of drug-likeness (QED) is 0.445. The fourth-order valence-electron chi connectivity index (χ4n) is 2.84. The molecule has 9 heteroatoms. The molecule has 21 heavy (non-hydrogen) atoms. The summed E-state index contributed by atoms with van der Waals surface area (Å²) in [4.78, 5) is 11.2. The lowest BCUT2D eigenvalue weighted by molar-refractivity contribution is -0.154. The topological polar surface area (TPSA) is 35.5 Å². The molecule has 0 aliphatic carbocycles. The van der Waals surface area contributed by atoms with E-state index < -0.39 is 53.7 Å². The third-order valence-corrected chi connectivity index (χ3v) is 3.56. The van der Waals surface area contributed by atoms with E-state index in [1.165, 1.54) is 6.92 Å². The molecule has 1 fully saturated rings. The normalized spacial score (nSPS) is 32.8. The van der Waals surface area contributed by atoms with Crippen LogP contribution in [0.15, 0.2) is 11.1 Å². The molecular weight excluding hydrogens is 306 g/mol. The molecular formula is C12H12F6O3. The lowest BCUT2D eigenvalue weighted by atomic mass is 9.81. The van der Waals surface area contributed by atoms with E-state index >= 15 is 0 Å². The summed E-state index contributed by atoms with van der Waals surface area (Å²) in [5.74, 6) is -0.783. The number of fused-ring (bicyclic) bond motifs is 2. The second-order valence-electron chi connectivity index (χ2n) is 5.14. The van der Waals surface area contributed by atoms with Crippen LogP contribution in [0.4, 0.5) is 26.3 Å². The van der Waals surface area contributed by atoms with Crippen LogP contribution in [0.1, 0.15) is 26.7 Å². The van der Waals surface area contributed by atoms with E-state index in [4.69, 9.17) is 9.47 Å². The van der Waals surface area contributed by atoms with E-state index in [1.807, 2.05) is 0 Å². The number of esters is 1. The van der Waals surface area contributed by atoms with Crippen LogP contribution in [0.25, 0.3) is 0 Å². The monoisotopic (exact) mass is 318 g/mol. The van der Waals surface area contributed by atoms with Gasteiger partial charge in [-0.3, -0.25) is 4.79 Å². The standard InChI is InChI=1S/C12H12F6O3/c1-3-6(19)20-5-4-10(2)9(12(16,17)18)7(8(5)21-10)11(13,14)15/h5,8H,3-4H2,1-2H3. The largest absolute Gasteiger partial charge is 0.459 e. The Morgan fingerprint density at radius 2 is 1.86 bits per heavy atom. The van der Waals surface area contributed by atoms with Gasteiger partial charge in [0.1, 0.15) is 17.8 Å². The summed E-state index contributed by atoms with van der Waals surface area (Å²) in [5, 5.41) is 0. The van der Waals surface area contributed by atoms with Crippen LogP contribution in [0.5, 0.6) is 0 Å². The zero-order chi connectivity index (χ0) is 16.2. The van der Waals surface area contributed by atoms with Gasteiger partial charge in [0.2, 0.25) is 0 Å². The van der Waals surface area contributed by atoms with Gasteiger partial charge >= 0.3 is 18.3 Å². The Hall–Kier alpha value is -1.25. The molecule has 3 atom stereocenters. The van der Waals surface area contributed by atoms with Crippen LogP contribution in [-0.2, 0) is 14.3 Å². The van der Waals surface area contributed by atoms with Gasteiger partial charge in [-0.25, -0.2) is 0 Å². The number of alkyl halides is 6. The van der Waals surface area contributed by atoms with Crippen molar-refractivity contribution in [3.63, 3.8) is 0 Å². The highest BCUT2D eigenvalue weighted by molar-refractivity contribution is 5.69. The van der Waals surface area contributed by atoms with Gasteiger partial charge in [0.25, 0.3) is 0 Å². The van der Waals surface area contributed by atoms with E-state index in [0.29, 0.717) is 0 Å². The van der Waals surface area contributed by atoms with Crippen LogP contribution in [-0.4, -0.2) is 36.1 Å². The molecule has 2 heterocycles. The smallest absolute Gasteiger partial charge is 0.415 e. The SMILES string of the molecule is CCC(=O)OC1CC2(C)OC1C(C(F)(F)F)=C2C(F)(F)F. The molecule has 0 N–H and O–H groups in total.